The zero-order valence-corrected chi connectivity index (χ0v) is 13.1. The summed E-state index contributed by atoms with van der Waals surface area (Å²) in [6.45, 7) is 3.03. The van der Waals surface area contributed by atoms with Crippen molar-refractivity contribution in [3.8, 4) is 0 Å². The molecule has 1 amide bonds. The monoisotopic (exact) mass is 307 g/mol. The standard InChI is InChI=1S/C14H17N3OS2/c1-8-5-6-15-12(8)13(18)16-9-3-4-10-11(7-9)20-14(17-10)19-2/h3-4,7-8,12,15H,5-6H2,1-2H3,(H,16,18). The average molecular weight is 307 g/mol. The lowest BCUT2D eigenvalue weighted by molar-refractivity contribution is -0.118. The van der Waals surface area contributed by atoms with Gasteiger partial charge in [-0.25, -0.2) is 4.98 Å². The van der Waals surface area contributed by atoms with Crippen molar-refractivity contribution in [3.63, 3.8) is 0 Å². The molecule has 1 aliphatic heterocycles. The highest BCUT2D eigenvalue weighted by Gasteiger charge is 2.29. The minimum Gasteiger partial charge on any atom is -0.325 e. The first-order chi connectivity index (χ1) is 9.67. The smallest absolute Gasteiger partial charge is 0.241 e. The third-order valence-corrected chi connectivity index (χ3v) is 5.63. The Morgan fingerprint density at radius 3 is 3.10 bits per heavy atom. The molecule has 2 atom stereocenters. The zero-order chi connectivity index (χ0) is 14.1. The van der Waals surface area contributed by atoms with Crippen molar-refractivity contribution in [3.05, 3.63) is 18.2 Å². The molecule has 2 aromatic rings. The number of hydrogen-bond donors (Lipinski definition) is 2. The van der Waals surface area contributed by atoms with Gasteiger partial charge in [0.1, 0.15) is 0 Å². The summed E-state index contributed by atoms with van der Waals surface area (Å²) in [6, 6.07) is 5.81. The van der Waals surface area contributed by atoms with E-state index < -0.39 is 0 Å². The normalized spacial score (nSPS) is 22.3. The van der Waals surface area contributed by atoms with E-state index in [-0.39, 0.29) is 11.9 Å². The van der Waals surface area contributed by atoms with Crippen LogP contribution in [0.2, 0.25) is 0 Å². The highest BCUT2D eigenvalue weighted by Crippen LogP contribution is 2.30. The Morgan fingerprint density at radius 2 is 2.40 bits per heavy atom. The van der Waals surface area contributed by atoms with E-state index in [1.807, 2.05) is 24.5 Å². The van der Waals surface area contributed by atoms with E-state index in [4.69, 9.17) is 0 Å². The third-order valence-electron chi connectivity index (χ3n) is 3.63. The first-order valence-electron chi connectivity index (χ1n) is 6.66. The molecule has 3 rings (SSSR count). The highest BCUT2D eigenvalue weighted by molar-refractivity contribution is 8.00. The predicted octanol–water partition coefficient (Wildman–Crippen LogP) is 2.95. The van der Waals surface area contributed by atoms with Gasteiger partial charge in [0.15, 0.2) is 4.34 Å². The number of fused-ring (bicyclic) bond motifs is 1. The van der Waals surface area contributed by atoms with Crippen molar-refractivity contribution >= 4 is 44.9 Å². The van der Waals surface area contributed by atoms with Crippen LogP contribution in [-0.2, 0) is 4.79 Å². The number of thioether (sulfide) groups is 1. The fourth-order valence-corrected chi connectivity index (χ4v) is 4.00. The molecular formula is C14H17N3OS2. The molecule has 2 unspecified atom stereocenters. The maximum atomic E-state index is 12.2. The van der Waals surface area contributed by atoms with Crippen LogP contribution >= 0.6 is 23.1 Å². The van der Waals surface area contributed by atoms with Gasteiger partial charge in [-0.1, -0.05) is 18.7 Å². The van der Waals surface area contributed by atoms with Crippen LogP contribution in [0.1, 0.15) is 13.3 Å². The summed E-state index contributed by atoms with van der Waals surface area (Å²) in [6.07, 6.45) is 3.08. The van der Waals surface area contributed by atoms with Crippen LogP contribution in [0.5, 0.6) is 0 Å². The van der Waals surface area contributed by atoms with Gasteiger partial charge in [0.25, 0.3) is 0 Å². The molecule has 0 aliphatic carbocycles. The van der Waals surface area contributed by atoms with E-state index in [1.165, 1.54) is 0 Å². The first kappa shape index (κ1) is 13.9. The molecule has 20 heavy (non-hydrogen) atoms. The van der Waals surface area contributed by atoms with Crippen LogP contribution in [0.15, 0.2) is 22.5 Å². The molecule has 0 radical (unpaired) electrons. The van der Waals surface area contributed by atoms with Gasteiger partial charge in [0.2, 0.25) is 5.91 Å². The molecule has 1 saturated heterocycles. The number of carbonyl (C=O) groups excluding carboxylic acids is 1. The molecule has 1 fully saturated rings. The summed E-state index contributed by atoms with van der Waals surface area (Å²) >= 11 is 3.30. The number of rotatable bonds is 3. The van der Waals surface area contributed by atoms with E-state index >= 15 is 0 Å². The van der Waals surface area contributed by atoms with Gasteiger partial charge in [-0.3, -0.25) is 4.79 Å². The Labute approximate surface area is 126 Å². The largest absolute Gasteiger partial charge is 0.325 e. The molecule has 4 nitrogen and oxygen atoms in total. The molecule has 1 aromatic heterocycles. The Morgan fingerprint density at radius 1 is 1.55 bits per heavy atom. The molecule has 2 N–H and O–H groups in total. The Kier molecular flexibility index (Phi) is 3.96. The summed E-state index contributed by atoms with van der Waals surface area (Å²) in [7, 11) is 0. The van der Waals surface area contributed by atoms with Gasteiger partial charge in [-0.05, 0) is 43.3 Å². The summed E-state index contributed by atoms with van der Waals surface area (Å²) in [5.41, 5.74) is 1.84. The van der Waals surface area contributed by atoms with Crippen LogP contribution in [0.25, 0.3) is 10.2 Å². The molecule has 1 aliphatic rings. The van der Waals surface area contributed by atoms with Gasteiger partial charge in [-0.2, -0.15) is 0 Å². The summed E-state index contributed by atoms with van der Waals surface area (Å²) in [5.74, 6) is 0.453. The Bertz CT molecular complexity index is 640. The van der Waals surface area contributed by atoms with E-state index in [0.717, 1.165) is 33.2 Å². The number of hydrogen-bond acceptors (Lipinski definition) is 5. The van der Waals surface area contributed by atoms with Gasteiger partial charge in [0, 0.05) is 5.69 Å². The molecule has 0 spiro atoms. The lowest BCUT2D eigenvalue weighted by atomic mass is 10.0. The molecule has 2 heterocycles. The minimum absolute atomic E-state index is 0.0592. The van der Waals surface area contributed by atoms with Crippen molar-refractivity contribution in [2.24, 2.45) is 5.92 Å². The number of anilines is 1. The predicted molar refractivity (Wildman–Crippen MR) is 85.6 cm³/mol. The van der Waals surface area contributed by atoms with Crippen LogP contribution in [-0.4, -0.2) is 29.7 Å². The van der Waals surface area contributed by atoms with E-state index in [1.54, 1.807) is 23.1 Å². The van der Waals surface area contributed by atoms with Crippen LogP contribution in [0.4, 0.5) is 5.69 Å². The molecule has 6 heteroatoms. The second kappa shape index (κ2) is 5.71. The second-order valence-electron chi connectivity index (χ2n) is 5.05. The van der Waals surface area contributed by atoms with Crippen LogP contribution in [0.3, 0.4) is 0 Å². The van der Waals surface area contributed by atoms with Crippen molar-refractivity contribution in [2.45, 2.75) is 23.7 Å². The summed E-state index contributed by atoms with van der Waals surface area (Å²) in [4.78, 5) is 16.7. The zero-order valence-electron chi connectivity index (χ0n) is 11.5. The average Bonchev–Trinajstić information content (AvgIpc) is 3.03. The van der Waals surface area contributed by atoms with Gasteiger partial charge >= 0.3 is 0 Å². The lowest BCUT2D eigenvalue weighted by Gasteiger charge is -2.15. The van der Waals surface area contributed by atoms with Crippen LogP contribution in [0, 0.1) is 5.92 Å². The Hall–Kier alpha value is -1.11. The number of benzene rings is 1. The molecule has 1 aromatic carbocycles. The second-order valence-corrected chi connectivity index (χ2v) is 7.14. The highest BCUT2D eigenvalue weighted by atomic mass is 32.2. The molecule has 0 bridgehead atoms. The maximum Gasteiger partial charge on any atom is 0.241 e. The first-order valence-corrected chi connectivity index (χ1v) is 8.70. The number of nitrogens with one attached hydrogen (secondary N) is 2. The van der Waals surface area contributed by atoms with E-state index in [9.17, 15) is 4.79 Å². The van der Waals surface area contributed by atoms with Crippen molar-refractivity contribution in [2.75, 3.05) is 18.1 Å². The van der Waals surface area contributed by atoms with E-state index in [2.05, 4.69) is 22.5 Å². The maximum absolute atomic E-state index is 12.2. The Balaban J connectivity index is 1.78. The molecule has 0 saturated carbocycles. The van der Waals surface area contributed by atoms with E-state index in [0.29, 0.717) is 5.92 Å². The van der Waals surface area contributed by atoms with Crippen molar-refractivity contribution < 1.29 is 4.79 Å². The SMILES string of the molecule is CSc1nc2ccc(NC(=O)C3NCCC3C)cc2s1. The molecular weight excluding hydrogens is 290 g/mol. The lowest BCUT2D eigenvalue weighted by Crippen LogP contribution is -2.39. The number of carbonyl (C=O) groups is 1. The number of thiazole rings is 1. The quantitative estimate of drug-likeness (QED) is 0.856. The van der Waals surface area contributed by atoms with Crippen molar-refractivity contribution in [1.82, 2.24) is 10.3 Å². The minimum atomic E-state index is -0.0751. The number of amides is 1. The van der Waals surface area contributed by atoms with Crippen LogP contribution < -0.4 is 10.6 Å². The molecule has 106 valence electrons. The van der Waals surface area contributed by atoms with Gasteiger partial charge in [-0.15, -0.1) is 11.3 Å². The number of aromatic nitrogens is 1. The summed E-state index contributed by atoms with van der Waals surface area (Å²) in [5, 5.41) is 6.26. The number of nitrogens with zero attached hydrogens (tertiary/aromatic N) is 1. The fourth-order valence-electron chi connectivity index (χ4n) is 2.47. The fraction of sp³-hybridized carbons (Fsp3) is 0.429. The van der Waals surface area contributed by atoms with Gasteiger partial charge in [0.05, 0.1) is 16.3 Å². The van der Waals surface area contributed by atoms with Gasteiger partial charge < -0.3 is 10.6 Å². The van der Waals surface area contributed by atoms with Crippen molar-refractivity contribution in [1.29, 1.82) is 0 Å². The topological polar surface area (TPSA) is 54.0 Å². The third kappa shape index (κ3) is 2.68. The summed E-state index contributed by atoms with van der Waals surface area (Å²) < 4.78 is 2.16.